The summed E-state index contributed by atoms with van der Waals surface area (Å²) in [7, 11) is 5.92. The van der Waals surface area contributed by atoms with Gasteiger partial charge >= 0.3 is 11.9 Å². The van der Waals surface area contributed by atoms with Crippen molar-refractivity contribution in [2.75, 3.05) is 47.5 Å². The molecular formula is C84H139NO8. The first-order valence-corrected chi connectivity index (χ1v) is 37.6. The first-order chi connectivity index (χ1) is 45.6. The summed E-state index contributed by atoms with van der Waals surface area (Å²) in [6.07, 6.45) is 105. The molecule has 0 saturated heterocycles. The highest BCUT2D eigenvalue weighted by Crippen LogP contribution is 2.17. The van der Waals surface area contributed by atoms with E-state index in [1.54, 1.807) is 0 Å². The molecule has 0 aromatic heterocycles. The minimum atomic E-state index is -1.63. The van der Waals surface area contributed by atoms with Crippen molar-refractivity contribution in [1.82, 2.24) is 0 Å². The summed E-state index contributed by atoms with van der Waals surface area (Å²) in [6, 6.07) is 0. The van der Waals surface area contributed by atoms with Gasteiger partial charge in [0.25, 0.3) is 0 Å². The number of allylic oxidation sites excluding steroid dienone is 26. The molecule has 2 unspecified atom stereocenters. The summed E-state index contributed by atoms with van der Waals surface area (Å²) in [4.78, 5) is 37.6. The first-order valence-electron chi connectivity index (χ1n) is 37.6. The standard InChI is InChI=1S/C84H139NO8/c1-6-8-10-12-14-16-18-20-22-24-26-28-30-32-34-36-38-40-41-43-45-47-49-51-53-55-57-59-61-63-65-67-69-71-73-75-82(87)93-80(79-92-84(83(88)89)90-77-76-85(3,4)5)78-91-81(86)74-72-70-68-66-64-62-60-58-56-54-52-50-48-46-44-42-39-37-35-33-31-29-27-25-23-21-19-17-15-13-11-9-7-2/h8-11,14-17,20-23,26-29,32,34,38,40,43,45,49,51,55,57,80,84H,6-7,12-13,18-19,24-25,30-31,33,35-37,39,41-42,44,46-48,50,52-54,56,58-79H2,1-5H3/b10-8-,11-9-,16-14-,17-15-,22-20-,23-21-,28-26-,29-27-,34-32-,40-38-,45-43-,51-49-,57-55-. The maximum Gasteiger partial charge on any atom is 0.306 e. The lowest BCUT2D eigenvalue weighted by Gasteiger charge is -2.26. The first kappa shape index (κ1) is 87.9. The van der Waals surface area contributed by atoms with E-state index < -0.39 is 24.3 Å². The Morgan fingerprint density at radius 3 is 0.860 bits per heavy atom. The van der Waals surface area contributed by atoms with Crippen molar-refractivity contribution in [3.05, 3.63) is 158 Å². The third-order valence-electron chi connectivity index (χ3n) is 15.8. The van der Waals surface area contributed by atoms with Crippen LogP contribution in [0.5, 0.6) is 0 Å². The molecule has 9 heteroatoms. The summed E-state index contributed by atoms with van der Waals surface area (Å²) in [5, 5.41) is 11.8. The van der Waals surface area contributed by atoms with E-state index >= 15 is 0 Å². The molecular weight excluding hydrogens is 1150 g/mol. The van der Waals surface area contributed by atoms with Gasteiger partial charge in [0.15, 0.2) is 12.4 Å². The predicted molar refractivity (Wildman–Crippen MR) is 398 cm³/mol. The molecule has 0 spiro atoms. The Kier molecular flexibility index (Phi) is 68.8. The number of unbranched alkanes of at least 4 members (excludes halogenated alkanes) is 27. The van der Waals surface area contributed by atoms with Gasteiger partial charge in [-0.15, -0.1) is 0 Å². The average Bonchev–Trinajstić information content (AvgIpc) is 3.74. The van der Waals surface area contributed by atoms with E-state index in [4.69, 9.17) is 18.9 Å². The van der Waals surface area contributed by atoms with Gasteiger partial charge in [-0.05, 0) is 122 Å². The van der Waals surface area contributed by atoms with Crippen molar-refractivity contribution in [3.8, 4) is 0 Å². The number of hydrogen-bond donors (Lipinski definition) is 0. The van der Waals surface area contributed by atoms with Gasteiger partial charge in [-0.25, -0.2) is 0 Å². The van der Waals surface area contributed by atoms with Gasteiger partial charge in [-0.1, -0.05) is 320 Å². The number of hydrogen-bond acceptors (Lipinski definition) is 8. The highest BCUT2D eigenvalue weighted by Gasteiger charge is 2.22. The molecule has 0 heterocycles. The largest absolute Gasteiger partial charge is 0.545 e. The van der Waals surface area contributed by atoms with E-state index in [2.05, 4.69) is 172 Å². The van der Waals surface area contributed by atoms with Crippen LogP contribution in [-0.2, 0) is 33.3 Å². The molecule has 0 aromatic rings. The fourth-order valence-electron chi connectivity index (χ4n) is 10.1. The number of rotatable bonds is 68. The van der Waals surface area contributed by atoms with E-state index in [0.29, 0.717) is 17.4 Å². The van der Waals surface area contributed by atoms with Crippen molar-refractivity contribution in [2.24, 2.45) is 0 Å². The van der Waals surface area contributed by atoms with Crippen LogP contribution in [0.15, 0.2) is 158 Å². The Balaban J connectivity index is 4.14. The molecule has 0 aliphatic heterocycles. The molecule has 0 rings (SSSR count). The summed E-state index contributed by atoms with van der Waals surface area (Å²) >= 11 is 0. The molecule has 0 fully saturated rings. The number of aliphatic carboxylic acids is 1. The molecule has 2 atom stereocenters. The van der Waals surface area contributed by atoms with Crippen molar-refractivity contribution >= 4 is 17.9 Å². The van der Waals surface area contributed by atoms with Crippen molar-refractivity contribution in [2.45, 2.75) is 309 Å². The molecule has 0 amide bonds. The van der Waals surface area contributed by atoms with Crippen LogP contribution in [0.4, 0.5) is 0 Å². The minimum Gasteiger partial charge on any atom is -0.545 e. The zero-order valence-electron chi connectivity index (χ0n) is 60.3. The summed E-state index contributed by atoms with van der Waals surface area (Å²) in [6.45, 7) is 4.52. The fraction of sp³-hybridized carbons (Fsp3) is 0.655. The highest BCUT2D eigenvalue weighted by molar-refractivity contribution is 5.70. The van der Waals surface area contributed by atoms with Crippen LogP contribution in [0.1, 0.15) is 296 Å². The average molecular weight is 1290 g/mol. The zero-order valence-corrected chi connectivity index (χ0v) is 60.3. The number of ether oxygens (including phenoxy) is 4. The molecule has 0 saturated carbocycles. The normalized spacial score (nSPS) is 13.6. The van der Waals surface area contributed by atoms with Gasteiger partial charge < -0.3 is 33.3 Å². The molecule has 0 N–H and O–H groups in total. The van der Waals surface area contributed by atoms with Gasteiger partial charge in [-0.3, -0.25) is 9.59 Å². The highest BCUT2D eigenvalue weighted by atomic mass is 16.7. The molecule has 9 nitrogen and oxygen atoms in total. The number of likely N-dealkylation sites (N-methyl/N-ethyl adjacent to an activating group) is 1. The Bertz CT molecular complexity index is 2090. The number of carbonyl (C=O) groups excluding carboxylic acids is 3. The summed E-state index contributed by atoms with van der Waals surface area (Å²) in [5.74, 6) is -2.30. The smallest absolute Gasteiger partial charge is 0.306 e. The Labute approximate surface area is 572 Å². The van der Waals surface area contributed by atoms with Gasteiger partial charge in [0.2, 0.25) is 0 Å². The van der Waals surface area contributed by atoms with E-state index in [1.165, 1.54) is 135 Å². The third kappa shape index (κ3) is 74.2. The third-order valence-corrected chi connectivity index (χ3v) is 15.8. The molecule has 0 radical (unpaired) electrons. The lowest BCUT2D eigenvalue weighted by molar-refractivity contribution is -0.870. The van der Waals surface area contributed by atoms with Gasteiger partial charge in [0.05, 0.1) is 40.3 Å². The molecule has 0 aliphatic rings. The lowest BCUT2D eigenvalue weighted by Crippen LogP contribution is -2.44. The van der Waals surface area contributed by atoms with Crippen LogP contribution in [0, 0.1) is 0 Å². The zero-order chi connectivity index (χ0) is 67.5. The molecule has 0 aliphatic carbocycles. The van der Waals surface area contributed by atoms with Crippen LogP contribution in [0.25, 0.3) is 0 Å². The quantitative estimate of drug-likeness (QED) is 0.0195. The minimum absolute atomic E-state index is 0.139. The molecule has 528 valence electrons. The summed E-state index contributed by atoms with van der Waals surface area (Å²) < 4.78 is 22.8. The van der Waals surface area contributed by atoms with E-state index in [1.807, 2.05) is 21.1 Å². The Hall–Kier alpha value is -5.09. The maximum absolute atomic E-state index is 13.0. The maximum atomic E-state index is 13.0. The number of nitrogens with zero attached hydrogens (tertiary/aromatic N) is 1. The Morgan fingerprint density at radius 1 is 0.323 bits per heavy atom. The van der Waals surface area contributed by atoms with Gasteiger partial charge in [0, 0.05) is 12.8 Å². The van der Waals surface area contributed by atoms with Gasteiger partial charge in [-0.2, -0.15) is 0 Å². The van der Waals surface area contributed by atoms with Crippen molar-refractivity contribution in [3.63, 3.8) is 0 Å². The second-order valence-electron chi connectivity index (χ2n) is 25.8. The van der Waals surface area contributed by atoms with Crippen LogP contribution in [0.3, 0.4) is 0 Å². The summed E-state index contributed by atoms with van der Waals surface area (Å²) in [5.41, 5.74) is 0. The van der Waals surface area contributed by atoms with Gasteiger partial charge in [0.1, 0.15) is 13.2 Å². The number of quaternary nitrogens is 1. The second kappa shape index (κ2) is 72.7. The van der Waals surface area contributed by atoms with Crippen LogP contribution < -0.4 is 5.11 Å². The number of carboxylic acid groups (broad SMARTS) is 1. The lowest BCUT2D eigenvalue weighted by atomic mass is 10.0. The van der Waals surface area contributed by atoms with E-state index in [0.717, 1.165) is 128 Å². The number of carbonyl (C=O) groups is 3. The van der Waals surface area contributed by atoms with Crippen molar-refractivity contribution < 1.29 is 42.9 Å². The molecule has 0 aromatic carbocycles. The van der Waals surface area contributed by atoms with E-state index in [9.17, 15) is 19.5 Å². The number of carboxylic acids is 1. The van der Waals surface area contributed by atoms with E-state index in [-0.39, 0.29) is 38.6 Å². The topological polar surface area (TPSA) is 111 Å². The molecule has 0 bridgehead atoms. The van der Waals surface area contributed by atoms with Crippen LogP contribution in [0.2, 0.25) is 0 Å². The monoisotopic (exact) mass is 1290 g/mol. The van der Waals surface area contributed by atoms with Crippen LogP contribution >= 0.6 is 0 Å². The number of esters is 2. The Morgan fingerprint density at radius 2 is 0.581 bits per heavy atom. The second-order valence-corrected chi connectivity index (χ2v) is 25.8. The molecule has 93 heavy (non-hydrogen) atoms. The fourth-order valence-corrected chi connectivity index (χ4v) is 10.1. The van der Waals surface area contributed by atoms with Crippen LogP contribution in [-0.4, -0.2) is 82.3 Å². The van der Waals surface area contributed by atoms with Crippen molar-refractivity contribution in [1.29, 1.82) is 0 Å². The SMILES string of the molecule is CC/C=C\C/C=C\C/C=C\C/C=C\C/C=C\C/C=C\C/C=C\C/C=C\C/C=C\CCCCCCCCCC(=O)OC(COC(=O)CCCCCCCCCCCCCCCCCCCCCC/C=C\C/C=C\C/C=C\C/C=C\CC)COC(OCC[N+](C)(C)C)C(=O)[O-]. The predicted octanol–water partition coefficient (Wildman–Crippen LogP) is 22.7.